The summed E-state index contributed by atoms with van der Waals surface area (Å²) < 4.78 is 24.3. The number of aryl methyl sites for hydroxylation is 1. The lowest BCUT2D eigenvalue weighted by Crippen LogP contribution is -2.14. The fourth-order valence-electron chi connectivity index (χ4n) is 3.18. The minimum absolute atomic E-state index is 0.0560. The van der Waals surface area contributed by atoms with Crippen molar-refractivity contribution >= 4 is 44.0 Å². The summed E-state index contributed by atoms with van der Waals surface area (Å²) in [5.74, 6) is -0.427. The third kappa shape index (κ3) is 4.96. The van der Waals surface area contributed by atoms with Crippen molar-refractivity contribution in [2.45, 2.75) is 25.2 Å². The van der Waals surface area contributed by atoms with Gasteiger partial charge in [0.1, 0.15) is 0 Å². The highest BCUT2D eigenvalue weighted by molar-refractivity contribution is 7.89. The van der Waals surface area contributed by atoms with E-state index in [9.17, 15) is 13.2 Å². The van der Waals surface area contributed by atoms with Gasteiger partial charge in [-0.2, -0.15) is 0 Å². The molecule has 9 nitrogen and oxygen atoms in total. The van der Waals surface area contributed by atoms with Crippen molar-refractivity contribution in [3.8, 4) is 5.69 Å². The molecule has 0 atom stereocenters. The van der Waals surface area contributed by atoms with Gasteiger partial charge in [-0.3, -0.25) is 10.1 Å². The lowest BCUT2D eigenvalue weighted by molar-refractivity contribution is 0.102. The van der Waals surface area contributed by atoms with Gasteiger partial charge in [0.05, 0.1) is 27.0 Å². The predicted octanol–water partition coefficient (Wildman–Crippen LogP) is 3.48. The number of nitrogens with two attached hydrogens (primary N) is 1. The molecule has 0 bridgehead atoms. The average molecular weight is 503 g/mol. The number of amides is 1. The first-order valence-electron chi connectivity index (χ1n) is 9.70. The molecule has 0 aliphatic carbocycles. The topological polar surface area (TPSA) is 133 Å². The lowest BCUT2D eigenvalue weighted by atomic mass is 10.1. The molecule has 0 radical (unpaired) electrons. The van der Waals surface area contributed by atoms with Gasteiger partial charge in [-0.25, -0.2) is 23.2 Å². The van der Waals surface area contributed by atoms with Crippen molar-refractivity contribution in [1.82, 2.24) is 20.0 Å². The Morgan fingerprint density at radius 3 is 2.52 bits per heavy atom. The molecule has 12 heteroatoms. The first kappa shape index (κ1) is 23.1. The summed E-state index contributed by atoms with van der Waals surface area (Å²) in [6.45, 7) is 3.58. The maximum Gasteiger partial charge on any atom is 0.279 e. The summed E-state index contributed by atoms with van der Waals surface area (Å²) >= 11 is 7.57. The molecular formula is C21H19ClN6O3S2. The second-order valence-corrected chi connectivity index (χ2v) is 10.3. The number of benzene rings is 2. The fraction of sp³-hybridized carbons (Fsp3) is 0.143. The molecule has 4 aromatic rings. The number of rotatable bonds is 6. The van der Waals surface area contributed by atoms with E-state index in [0.717, 1.165) is 16.1 Å². The quantitative estimate of drug-likeness (QED) is 0.414. The van der Waals surface area contributed by atoms with Crippen LogP contribution in [-0.4, -0.2) is 34.3 Å². The Morgan fingerprint density at radius 1 is 1.15 bits per heavy atom. The number of nitrogens with zero attached hydrogens (tertiary/aromatic N) is 4. The summed E-state index contributed by atoms with van der Waals surface area (Å²) in [6, 6.07) is 13.5. The van der Waals surface area contributed by atoms with Crippen molar-refractivity contribution in [2.24, 2.45) is 5.14 Å². The zero-order valence-corrected chi connectivity index (χ0v) is 20.0. The molecule has 170 valence electrons. The van der Waals surface area contributed by atoms with Crippen LogP contribution < -0.4 is 10.5 Å². The predicted molar refractivity (Wildman–Crippen MR) is 127 cm³/mol. The van der Waals surface area contributed by atoms with Crippen molar-refractivity contribution in [3.05, 3.63) is 81.1 Å². The van der Waals surface area contributed by atoms with E-state index in [1.54, 1.807) is 31.2 Å². The molecule has 0 fully saturated rings. The van der Waals surface area contributed by atoms with Crippen molar-refractivity contribution < 1.29 is 13.2 Å². The van der Waals surface area contributed by atoms with Gasteiger partial charge in [0.25, 0.3) is 5.91 Å². The molecule has 2 aromatic carbocycles. The summed E-state index contributed by atoms with van der Waals surface area (Å²) in [6.07, 6.45) is 0.534. The number of thiazole rings is 1. The standard InChI is InChI=1S/C21H19ClN6O3S2/c1-12-18(11-14-7-9-15(10-8-14)33(23,30)31)32-21(24-12)25-20(29)19-13(2)28(27-26-19)17-6-4-3-5-16(17)22/h3-10H,11H2,1-2H3,(H2,23,30,31)(H,24,25,29). The number of carbonyl (C=O) groups is 1. The molecule has 4 rings (SSSR count). The largest absolute Gasteiger partial charge is 0.296 e. The number of hydrogen-bond donors (Lipinski definition) is 2. The molecule has 3 N–H and O–H groups in total. The van der Waals surface area contributed by atoms with Gasteiger partial charge < -0.3 is 0 Å². The average Bonchev–Trinajstić information content (AvgIpc) is 3.30. The summed E-state index contributed by atoms with van der Waals surface area (Å²) in [5, 5.41) is 16.9. The Labute approximate surface area is 199 Å². The van der Waals surface area contributed by atoms with Gasteiger partial charge >= 0.3 is 0 Å². The Bertz CT molecular complexity index is 1450. The van der Waals surface area contributed by atoms with Gasteiger partial charge in [0, 0.05) is 11.3 Å². The van der Waals surface area contributed by atoms with Gasteiger partial charge in [-0.1, -0.05) is 41.1 Å². The summed E-state index contributed by atoms with van der Waals surface area (Å²) in [7, 11) is -3.74. The monoisotopic (exact) mass is 502 g/mol. The second kappa shape index (κ2) is 9.02. The Balaban J connectivity index is 1.50. The molecule has 2 heterocycles. The molecule has 2 aromatic heterocycles. The van der Waals surface area contributed by atoms with E-state index in [-0.39, 0.29) is 10.6 Å². The van der Waals surface area contributed by atoms with Crippen LogP contribution in [0.1, 0.15) is 32.3 Å². The van der Waals surface area contributed by atoms with E-state index < -0.39 is 15.9 Å². The number of anilines is 1. The van der Waals surface area contributed by atoms with Crippen LogP contribution in [0.4, 0.5) is 5.13 Å². The highest BCUT2D eigenvalue weighted by Crippen LogP contribution is 2.27. The van der Waals surface area contributed by atoms with E-state index in [4.69, 9.17) is 16.7 Å². The molecule has 1 amide bonds. The molecular weight excluding hydrogens is 484 g/mol. The van der Waals surface area contributed by atoms with Gasteiger partial charge in [-0.05, 0) is 43.7 Å². The number of carbonyl (C=O) groups excluding carboxylic acids is 1. The van der Waals surface area contributed by atoms with Gasteiger partial charge in [-0.15, -0.1) is 16.4 Å². The van der Waals surface area contributed by atoms with Crippen molar-refractivity contribution in [3.63, 3.8) is 0 Å². The van der Waals surface area contributed by atoms with Crippen LogP contribution in [0.3, 0.4) is 0 Å². The highest BCUT2D eigenvalue weighted by atomic mass is 35.5. The first-order chi connectivity index (χ1) is 15.6. The number of primary sulfonamides is 1. The summed E-state index contributed by atoms with van der Waals surface area (Å²) in [4.78, 5) is 18.2. The zero-order valence-electron chi connectivity index (χ0n) is 17.6. The molecule has 0 saturated carbocycles. The summed E-state index contributed by atoms with van der Waals surface area (Å²) in [5.41, 5.74) is 3.00. The number of hydrogen-bond acceptors (Lipinski definition) is 7. The molecule has 0 aliphatic rings. The molecule has 0 aliphatic heterocycles. The second-order valence-electron chi connectivity index (χ2n) is 7.23. The SMILES string of the molecule is Cc1nc(NC(=O)c2nnn(-c3ccccc3Cl)c2C)sc1Cc1ccc(S(N)(=O)=O)cc1. The van der Waals surface area contributed by atoms with Crippen LogP contribution in [0.5, 0.6) is 0 Å². The third-order valence-electron chi connectivity index (χ3n) is 4.92. The number of halogens is 1. The molecule has 0 unspecified atom stereocenters. The number of nitrogens with one attached hydrogen (secondary N) is 1. The van der Waals surface area contributed by atoms with Crippen LogP contribution >= 0.6 is 22.9 Å². The van der Waals surface area contributed by atoms with Crippen LogP contribution in [0.25, 0.3) is 5.69 Å². The zero-order chi connectivity index (χ0) is 23.8. The Hall–Kier alpha value is -3.12. The molecule has 0 saturated heterocycles. The van der Waals surface area contributed by atoms with Crippen molar-refractivity contribution in [1.29, 1.82) is 0 Å². The van der Waals surface area contributed by atoms with E-state index in [1.807, 2.05) is 19.1 Å². The van der Waals surface area contributed by atoms with Crippen LogP contribution in [0, 0.1) is 13.8 Å². The highest BCUT2D eigenvalue weighted by Gasteiger charge is 2.20. The van der Waals surface area contributed by atoms with Crippen LogP contribution in [0.2, 0.25) is 5.02 Å². The maximum atomic E-state index is 12.8. The van der Waals surface area contributed by atoms with Crippen LogP contribution in [0.15, 0.2) is 53.4 Å². The lowest BCUT2D eigenvalue weighted by Gasteiger charge is -2.05. The molecule has 33 heavy (non-hydrogen) atoms. The Kier molecular flexibility index (Phi) is 6.30. The first-order valence-corrected chi connectivity index (χ1v) is 12.4. The van der Waals surface area contributed by atoms with E-state index in [1.165, 1.54) is 28.2 Å². The minimum atomic E-state index is -3.74. The van der Waals surface area contributed by atoms with Gasteiger partial charge in [0.2, 0.25) is 10.0 Å². The Morgan fingerprint density at radius 2 is 1.85 bits per heavy atom. The van der Waals surface area contributed by atoms with E-state index in [2.05, 4.69) is 20.6 Å². The smallest absolute Gasteiger partial charge is 0.279 e. The number of aromatic nitrogens is 4. The van der Waals surface area contributed by atoms with Crippen molar-refractivity contribution in [2.75, 3.05) is 5.32 Å². The fourth-order valence-corrected chi connectivity index (χ4v) is 4.90. The van der Waals surface area contributed by atoms with Gasteiger partial charge in [0.15, 0.2) is 10.8 Å². The maximum absolute atomic E-state index is 12.8. The third-order valence-corrected chi connectivity index (χ3v) is 7.24. The van der Waals surface area contributed by atoms with E-state index >= 15 is 0 Å². The normalized spacial score (nSPS) is 11.5. The number of sulfonamides is 1. The van der Waals surface area contributed by atoms with Crippen LogP contribution in [-0.2, 0) is 16.4 Å². The molecule has 0 spiro atoms. The van der Waals surface area contributed by atoms with E-state index in [0.29, 0.717) is 28.0 Å². The number of para-hydroxylation sites is 1. The minimum Gasteiger partial charge on any atom is -0.296 e.